The lowest BCUT2D eigenvalue weighted by atomic mass is 10.1. The summed E-state index contributed by atoms with van der Waals surface area (Å²) in [6.45, 7) is 5.92. The molecule has 0 radical (unpaired) electrons. The van der Waals surface area contributed by atoms with Crippen molar-refractivity contribution in [2.75, 3.05) is 34.0 Å². The van der Waals surface area contributed by atoms with Gasteiger partial charge in [0.25, 0.3) is 0 Å². The molecular weight excluding hydrogens is 296 g/mol. The Hall–Kier alpha value is -2.05. The maximum atomic E-state index is 12.1. The number of carbonyl (C=O) groups excluding carboxylic acids is 1. The minimum atomic E-state index is -0.295. The molecule has 2 rings (SSSR count). The number of rotatable bonds is 7. The summed E-state index contributed by atoms with van der Waals surface area (Å²) in [5.74, 6) is 1.28. The maximum Gasteiger partial charge on any atom is 0.239 e. The second kappa shape index (κ2) is 8.55. The minimum absolute atomic E-state index is 0.0650. The zero-order chi connectivity index (χ0) is 16.7. The predicted octanol–water partition coefficient (Wildman–Crippen LogP) is 1.04. The highest BCUT2D eigenvalue weighted by atomic mass is 16.5. The molecule has 1 saturated heterocycles. The van der Waals surface area contributed by atoms with Gasteiger partial charge in [-0.2, -0.15) is 0 Å². The maximum absolute atomic E-state index is 12.1. The highest BCUT2D eigenvalue weighted by Gasteiger charge is 2.21. The Morgan fingerprint density at radius 3 is 2.91 bits per heavy atom. The van der Waals surface area contributed by atoms with Gasteiger partial charge in [0.05, 0.1) is 27.4 Å². The quantitative estimate of drug-likeness (QED) is 0.735. The van der Waals surface area contributed by atoms with Crippen molar-refractivity contribution < 1.29 is 19.0 Å². The van der Waals surface area contributed by atoms with Crippen LogP contribution in [-0.2, 0) is 22.5 Å². The molecule has 0 aliphatic carbocycles. The van der Waals surface area contributed by atoms with E-state index in [9.17, 15) is 4.79 Å². The second-order valence-corrected chi connectivity index (χ2v) is 5.28. The SMILES string of the molecule is C=CCc1cc(CNC(=O)C2COCCN2)cc(OC)c1OC. The lowest BCUT2D eigenvalue weighted by Crippen LogP contribution is -2.51. The van der Waals surface area contributed by atoms with E-state index in [0.717, 1.165) is 11.1 Å². The Kier molecular flexibility index (Phi) is 6.43. The minimum Gasteiger partial charge on any atom is -0.493 e. The van der Waals surface area contributed by atoms with E-state index in [1.807, 2.05) is 18.2 Å². The van der Waals surface area contributed by atoms with E-state index >= 15 is 0 Å². The van der Waals surface area contributed by atoms with Crippen LogP contribution in [0, 0.1) is 0 Å². The number of benzene rings is 1. The number of nitrogens with one attached hydrogen (secondary N) is 2. The Bertz CT molecular complexity index is 554. The fraction of sp³-hybridized carbons (Fsp3) is 0.471. The monoisotopic (exact) mass is 320 g/mol. The standard InChI is InChI=1S/C17H24N2O4/c1-4-5-13-8-12(9-15(21-2)16(13)22-3)10-19-17(20)14-11-23-7-6-18-14/h4,8-9,14,18H,1,5-7,10-11H2,2-3H3,(H,19,20). The molecular formula is C17H24N2O4. The number of ether oxygens (including phenoxy) is 3. The lowest BCUT2D eigenvalue weighted by molar-refractivity contribution is -0.126. The molecule has 23 heavy (non-hydrogen) atoms. The first kappa shape index (κ1) is 17.3. The summed E-state index contributed by atoms with van der Waals surface area (Å²) in [6.07, 6.45) is 2.47. The third-order valence-electron chi connectivity index (χ3n) is 3.68. The molecule has 0 bridgehead atoms. The fourth-order valence-electron chi connectivity index (χ4n) is 2.56. The highest BCUT2D eigenvalue weighted by Crippen LogP contribution is 2.33. The van der Waals surface area contributed by atoms with Crippen molar-refractivity contribution in [1.29, 1.82) is 0 Å². The number of morpholine rings is 1. The van der Waals surface area contributed by atoms with Crippen LogP contribution in [0.15, 0.2) is 24.8 Å². The molecule has 1 amide bonds. The van der Waals surface area contributed by atoms with Crippen LogP contribution in [0.3, 0.4) is 0 Å². The van der Waals surface area contributed by atoms with E-state index in [2.05, 4.69) is 17.2 Å². The molecule has 1 atom stereocenters. The van der Waals surface area contributed by atoms with Gasteiger partial charge in [-0.1, -0.05) is 6.08 Å². The van der Waals surface area contributed by atoms with Gasteiger partial charge in [0.1, 0.15) is 6.04 Å². The molecule has 1 unspecified atom stereocenters. The molecule has 0 saturated carbocycles. The van der Waals surface area contributed by atoms with Gasteiger partial charge >= 0.3 is 0 Å². The van der Waals surface area contributed by atoms with Crippen molar-refractivity contribution in [2.24, 2.45) is 0 Å². The third-order valence-corrected chi connectivity index (χ3v) is 3.68. The summed E-state index contributed by atoms with van der Waals surface area (Å²) in [4.78, 5) is 12.1. The summed E-state index contributed by atoms with van der Waals surface area (Å²) in [5, 5.41) is 6.06. The van der Waals surface area contributed by atoms with Crippen molar-refractivity contribution in [3.63, 3.8) is 0 Å². The number of carbonyl (C=O) groups is 1. The van der Waals surface area contributed by atoms with E-state index in [1.54, 1.807) is 14.2 Å². The highest BCUT2D eigenvalue weighted by molar-refractivity contribution is 5.82. The van der Waals surface area contributed by atoms with Crippen molar-refractivity contribution in [2.45, 2.75) is 19.0 Å². The lowest BCUT2D eigenvalue weighted by Gasteiger charge is -2.23. The first-order valence-corrected chi connectivity index (χ1v) is 7.63. The molecule has 1 heterocycles. The molecule has 1 aliphatic rings. The van der Waals surface area contributed by atoms with Crippen LogP contribution in [0.5, 0.6) is 11.5 Å². The molecule has 1 aromatic carbocycles. The van der Waals surface area contributed by atoms with E-state index in [0.29, 0.717) is 44.2 Å². The van der Waals surface area contributed by atoms with Crippen LogP contribution < -0.4 is 20.1 Å². The van der Waals surface area contributed by atoms with Crippen molar-refractivity contribution in [3.8, 4) is 11.5 Å². The van der Waals surface area contributed by atoms with Crippen LogP contribution in [-0.4, -0.2) is 45.9 Å². The average molecular weight is 320 g/mol. The molecule has 0 spiro atoms. The van der Waals surface area contributed by atoms with Gasteiger partial charge in [-0.3, -0.25) is 4.79 Å². The third kappa shape index (κ3) is 4.46. The van der Waals surface area contributed by atoms with Crippen LogP contribution in [0.4, 0.5) is 0 Å². The molecule has 6 heteroatoms. The van der Waals surface area contributed by atoms with Crippen LogP contribution in [0.2, 0.25) is 0 Å². The largest absolute Gasteiger partial charge is 0.493 e. The molecule has 6 nitrogen and oxygen atoms in total. The van der Waals surface area contributed by atoms with Gasteiger partial charge in [-0.25, -0.2) is 0 Å². The van der Waals surface area contributed by atoms with Gasteiger partial charge in [0, 0.05) is 18.7 Å². The van der Waals surface area contributed by atoms with Gasteiger partial charge in [-0.15, -0.1) is 6.58 Å². The summed E-state index contributed by atoms with van der Waals surface area (Å²) in [5.41, 5.74) is 1.93. The van der Waals surface area contributed by atoms with Gasteiger partial charge in [0.15, 0.2) is 11.5 Å². The van der Waals surface area contributed by atoms with E-state index in [-0.39, 0.29) is 11.9 Å². The van der Waals surface area contributed by atoms with E-state index < -0.39 is 0 Å². The molecule has 126 valence electrons. The molecule has 1 aromatic rings. The smallest absolute Gasteiger partial charge is 0.239 e. The number of allylic oxidation sites excluding steroid dienone is 1. The van der Waals surface area contributed by atoms with Crippen LogP contribution in [0.1, 0.15) is 11.1 Å². The number of amides is 1. The predicted molar refractivity (Wildman–Crippen MR) is 87.9 cm³/mol. The molecule has 1 fully saturated rings. The van der Waals surface area contributed by atoms with Gasteiger partial charge in [0.2, 0.25) is 5.91 Å². The zero-order valence-corrected chi connectivity index (χ0v) is 13.7. The zero-order valence-electron chi connectivity index (χ0n) is 13.7. The molecule has 1 aliphatic heterocycles. The second-order valence-electron chi connectivity index (χ2n) is 5.28. The molecule has 2 N–H and O–H groups in total. The fourth-order valence-corrected chi connectivity index (χ4v) is 2.56. The normalized spacial score (nSPS) is 17.4. The Balaban J connectivity index is 2.08. The Morgan fingerprint density at radius 2 is 2.30 bits per heavy atom. The first-order chi connectivity index (χ1) is 11.2. The van der Waals surface area contributed by atoms with Crippen molar-refractivity contribution in [1.82, 2.24) is 10.6 Å². The summed E-state index contributed by atoms with van der Waals surface area (Å²) < 4.78 is 16.1. The van der Waals surface area contributed by atoms with Crippen molar-refractivity contribution >= 4 is 5.91 Å². The Morgan fingerprint density at radius 1 is 1.48 bits per heavy atom. The summed E-state index contributed by atoms with van der Waals surface area (Å²) >= 11 is 0. The molecule has 0 aromatic heterocycles. The van der Waals surface area contributed by atoms with Gasteiger partial charge in [-0.05, 0) is 24.1 Å². The topological polar surface area (TPSA) is 68.8 Å². The van der Waals surface area contributed by atoms with Crippen LogP contribution >= 0.6 is 0 Å². The Labute approximate surface area is 136 Å². The number of hydrogen-bond donors (Lipinski definition) is 2. The van der Waals surface area contributed by atoms with Gasteiger partial charge < -0.3 is 24.8 Å². The average Bonchev–Trinajstić information content (AvgIpc) is 2.60. The number of hydrogen-bond acceptors (Lipinski definition) is 5. The van der Waals surface area contributed by atoms with Crippen molar-refractivity contribution in [3.05, 3.63) is 35.9 Å². The summed E-state index contributed by atoms with van der Waals surface area (Å²) in [7, 11) is 3.21. The van der Waals surface area contributed by atoms with E-state index in [4.69, 9.17) is 14.2 Å². The first-order valence-electron chi connectivity index (χ1n) is 7.63. The summed E-state index contributed by atoms with van der Waals surface area (Å²) in [6, 6.07) is 3.57. The van der Waals surface area contributed by atoms with Crippen LogP contribution in [0.25, 0.3) is 0 Å². The number of methoxy groups -OCH3 is 2. The van der Waals surface area contributed by atoms with E-state index in [1.165, 1.54) is 0 Å².